The summed E-state index contributed by atoms with van der Waals surface area (Å²) in [4.78, 5) is 8.74. The average molecular weight is 369 g/mol. The van der Waals surface area contributed by atoms with Gasteiger partial charge in [-0.25, -0.2) is 4.98 Å². The van der Waals surface area contributed by atoms with Crippen molar-refractivity contribution in [2.24, 2.45) is 0 Å². The summed E-state index contributed by atoms with van der Waals surface area (Å²) >= 11 is 5.90. The fourth-order valence-corrected chi connectivity index (χ4v) is 2.73. The van der Waals surface area contributed by atoms with Gasteiger partial charge in [0.1, 0.15) is 5.82 Å². The highest BCUT2D eigenvalue weighted by atomic mass is 35.5. The Kier molecular flexibility index (Phi) is 4.75. The van der Waals surface area contributed by atoms with E-state index >= 15 is 0 Å². The number of hydrogen-bond donors (Lipinski definition) is 2. The van der Waals surface area contributed by atoms with E-state index in [1.807, 2.05) is 48.5 Å². The Labute approximate surface area is 156 Å². The van der Waals surface area contributed by atoms with Crippen molar-refractivity contribution in [1.82, 2.24) is 9.97 Å². The number of anilines is 3. The van der Waals surface area contributed by atoms with E-state index < -0.39 is 0 Å². The zero-order chi connectivity index (χ0) is 17.8. The lowest BCUT2D eigenvalue weighted by Gasteiger charge is -2.09. The predicted molar refractivity (Wildman–Crippen MR) is 102 cm³/mol. The summed E-state index contributed by atoms with van der Waals surface area (Å²) in [5, 5.41) is 7.23. The monoisotopic (exact) mass is 368 g/mol. The van der Waals surface area contributed by atoms with Gasteiger partial charge in [0.05, 0.1) is 0 Å². The van der Waals surface area contributed by atoms with Crippen LogP contribution in [0.15, 0.2) is 54.7 Å². The largest absolute Gasteiger partial charge is 0.454 e. The molecule has 2 N–H and O–H groups in total. The van der Waals surface area contributed by atoms with Crippen LogP contribution in [0.5, 0.6) is 11.5 Å². The van der Waals surface area contributed by atoms with Crippen LogP contribution >= 0.6 is 11.6 Å². The van der Waals surface area contributed by atoms with Gasteiger partial charge in [0.15, 0.2) is 11.5 Å². The Morgan fingerprint density at radius 2 is 1.85 bits per heavy atom. The normalized spacial score (nSPS) is 12.0. The number of aromatic nitrogens is 2. The summed E-state index contributed by atoms with van der Waals surface area (Å²) in [7, 11) is 0. The van der Waals surface area contributed by atoms with Crippen LogP contribution in [-0.2, 0) is 6.42 Å². The van der Waals surface area contributed by atoms with E-state index in [1.54, 1.807) is 6.20 Å². The molecule has 1 aliphatic heterocycles. The minimum Gasteiger partial charge on any atom is -0.454 e. The highest BCUT2D eigenvalue weighted by Gasteiger charge is 2.13. The van der Waals surface area contributed by atoms with E-state index in [-0.39, 0.29) is 6.79 Å². The summed E-state index contributed by atoms with van der Waals surface area (Å²) in [5.74, 6) is 2.74. The number of benzene rings is 2. The molecule has 26 heavy (non-hydrogen) atoms. The van der Waals surface area contributed by atoms with Gasteiger partial charge in [0, 0.05) is 29.5 Å². The van der Waals surface area contributed by atoms with Gasteiger partial charge in [0.25, 0.3) is 0 Å². The summed E-state index contributed by atoms with van der Waals surface area (Å²) in [5.41, 5.74) is 2.06. The molecule has 0 bridgehead atoms. The maximum Gasteiger partial charge on any atom is 0.231 e. The van der Waals surface area contributed by atoms with Crippen LogP contribution in [0.2, 0.25) is 5.02 Å². The Morgan fingerprint density at radius 3 is 2.73 bits per heavy atom. The third-order valence-corrected chi connectivity index (χ3v) is 4.17. The minimum absolute atomic E-state index is 0.252. The zero-order valence-electron chi connectivity index (χ0n) is 13.9. The van der Waals surface area contributed by atoms with Gasteiger partial charge in [0.2, 0.25) is 12.7 Å². The number of nitrogens with zero attached hydrogens (tertiary/aromatic N) is 2. The first kappa shape index (κ1) is 16.5. The number of rotatable bonds is 6. The molecule has 7 heteroatoms. The molecule has 132 valence electrons. The Balaban J connectivity index is 1.36. The topological polar surface area (TPSA) is 68.3 Å². The molecule has 0 amide bonds. The van der Waals surface area contributed by atoms with Gasteiger partial charge in [-0.1, -0.05) is 23.7 Å². The van der Waals surface area contributed by atoms with Crippen molar-refractivity contribution >= 4 is 29.1 Å². The standard InChI is InChI=1S/C19H17ClN4O2/c20-14-3-1-13(2-4-14)7-9-21-18-8-10-22-19(24-18)23-15-5-6-16-17(11-15)26-12-25-16/h1-6,8,10-11H,7,9,12H2,(H2,21,22,23,24). The van der Waals surface area contributed by atoms with Crippen molar-refractivity contribution < 1.29 is 9.47 Å². The molecule has 0 radical (unpaired) electrons. The molecule has 6 nitrogen and oxygen atoms in total. The van der Waals surface area contributed by atoms with E-state index in [4.69, 9.17) is 21.1 Å². The maximum atomic E-state index is 5.90. The fraction of sp³-hybridized carbons (Fsp3) is 0.158. The van der Waals surface area contributed by atoms with Crippen LogP contribution in [0.25, 0.3) is 0 Å². The molecule has 0 fully saturated rings. The highest BCUT2D eigenvalue weighted by molar-refractivity contribution is 6.30. The lowest BCUT2D eigenvalue weighted by molar-refractivity contribution is 0.174. The Hall–Kier alpha value is -2.99. The van der Waals surface area contributed by atoms with E-state index in [0.717, 1.165) is 35.2 Å². The molecule has 2 aromatic carbocycles. The van der Waals surface area contributed by atoms with Crippen molar-refractivity contribution in [3.05, 3.63) is 65.3 Å². The van der Waals surface area contributed by atoms with E-state index in [0.29, 0.717) is 11.7 Å². The average Bonchev–Trinajstić information content (AvgIpc) is 3.12. The first-order chi connectivity index (χ1) is 12.8. The van der Waals surface area contributed by atoms with Crippen LogP contribution in [0, 0.1) is 0 Å². The van der Waals surface area contributed by atoms with Gasteiger partial charge in [-0.15, -0.1) is 0 Å². The van der Waals surface area contributed by atoms with Gasteiger partial charge in [-0.05, 0) is 42.3 Å². The van der Waals surface area contributed by atoms with E-state index in [2.05, 4.69) is 20.6 Å². The number of fused-ring (bicyclic) bond motifs is 1. The number of hydrogen-bond acceptors (Lipinski definition) is 6. The second-order valence-electron chi connectivity index (χ2n) is 5.76. The Bertz CT molecular complexity index is 902. The highest BCUT2D eigenvalue weighted by Crippen LogP contribution is 2.34. The summed E-state index contributed by atoms with van der Waals surface area (Å²) in [6.45, 7) is 1.02. The van der Waals surface area contributed by atoms with Gasteiger partial charge in [-0.2, -0.15) is 4.98 Å². The predicted octanol–water partition coefficient (Wildman–Crippen LogP) is 4.26. The summed E-state index contributed by atoms with van der Waals surface area (Å²) < 4.78 is 10.7. The molecule has 1 aliphatic rings. The van der Waals surface area contributed by atoms with Crippen molar-refractivity contribution in [2.75, 3.05) is 24.0 Å². The molecule has 0 atom stereocenters. The van der Waals surface area contributed by atoms with Crippen molar-refractivity contribution in [3.63, 3.8) is 0 Å². The third kappa shape index (κ3) is 3.97. The van der Waals surface area contributed by atoms with Crippen LogP contribution < -0.4 is 20.1 Å². The first-order valence-corrected chi connectivity index (χ1v) is 8.62. The minimum atomic E-state index is 0.252. The molecular formula is C19H17ClN4O2. The molecule has 4 rings (SSSR count). The maximum absolute atomic E-state index is 5.90. The van der Waals surface area contributed by atoms with Gasteiger partial charge < -0.3 is 20.1 Å². The van der Waals surface area contributed by atoms with E-state index in [9.17, 15) is 0 Å². The second kappa shape index (κ2) is 7.49. The van der Waals surface area contributed by atoms with Crippen molar-refractivity contribution in [1.29, 1.82) is 0 Å². The lowest BCUT2D eigenvalue weighted by Crippen LogP contribution is -2.07. The number of ether oxygens (including phenoxy) is 2. The van der Waals surface area contributed by atoms with Crippen molar-refractivity contribution in [2.45, 2.75) is 6.42 Å². The number of nitrogens with one attached hydrogen (secondary N) is 2. The van der Waals surface area contributed by atoms with Gasteiger partial charge >= 0.3 is 0 Å². The quantitative estimate of drug-likeness (QED) is 0.677. The smallest absolute Gasteiger partial charge is 0.231 e. The third-order valence-electron chi connectivity index (χ3n) is 3.92. The van der Waals surface area contributed by atoms with Crippen LogP contribution in [0.3, 0.4) is 0 Å². The van der Waals surface area contributed by atoms with Crippen LogP contribution in [0.1, 0.15) is 5.56 Å². The summed E-state index contributed by atoms with van der Waals surface area (Å²) in [6, 6.07) is 15.3. The molecule has 1 aromatic heterocycles. The fourth-order valence-electron chi connectivity index (χ4n) is 2.61. The molecule has 0 saturated heterocycles. The second-order valence-corrected chi connectivity index (χ2v) is 6.20. The Morgan fingerprint density at radius 1 is 1.00 bits per heavy atom. The zero-order valence-corrected chi connectivity index (χ0v) is 14.7. The SMILES string of the molecule is Clc1ccc(CCNc2ccnc(Nc3ccc4c(c3)OCO4)n2)cc1. The van der Waals surface area contributed by atoms with E-state index in [1.165, 1.54) is 5.56 Å². The molecule has 0 saturated carbocycles. The molecular weight excluding hydrogens is 352 g/mol. The molecule has 3 aromatic rings. The molecule has 0 unspecified atom stereocenters. The van der Waals surface area contributed by atoms with Crippen LogP contribution in [0.4, 0.5) is 17.5 Å². The molecule has 0 spiro atoms. The molecule has 2 heterocycles. The lowest BCUT2D eigenvalue weighted by atomic mass is 10.1. The summed E-state index contributed by atoms with van der Waals surface area (Å²) in [6.07, 6.45) is 2.60. The van der Waals surface area contributed by atoms with Crippen LogP contribution in [-0.4, -0.2) is 23.3 Å². The number of halogens is 1. The first-order valence-electron chi connectivity index (χ1n) is 8.24. The van der Waals surface area contributed by atoms with Crippen molar-refractivity contribution in [3.8, 4) is 11.5 Å². The molecule has 0 aliphatic carbocycles. The van der Waals surface area contributed by atoms with Gasteiger partial charge in [-0.3, -0.25) is 0 Å².